The van der Waals surface area contributed by atoms with Crippen LogP contribution >= 0.6 is 24.0 Å². The molecule has 1 aromatic rings. The molecule has 0 atom stereocenters. The van der Waals surface area contributed by atoms with Crippen molar-refractivity contribution in [2.45, 2.75) is 32.7 Å². The molecular formula is C18H33IN6. The summed E-state index contributed by atoms with van der Waals surface area (Å²) in [6.07, 6.45) is 5.88. The first-order valence-electron chi connectivity index (χ1n) is 9.06. The number of piperidine rings is 1. The Morgan fingerprint density at radius 3 is 2.68 bits per heavy atom. The normalized spacial score (nSPS) is 15.4. The van der Waals surface area contributed by atoms with E-state index in [-0.39, 0.29) is 24.0 Å². The maximum atomic E-state index is 4.72. The highest BCUT2D eigenvalue weighted by Gasteiger charge is 2.09. The molecule has 1 aliphatic rings. The minimum absolute atomic E-state index is 0. The lowest BCUT2D eigenvalue weighted by molar-refractivity contribution is 0.232. The van der Waals surface area contributed by atoms with Gasteiger partial charge in [0.1, 0.15) is 5.82 Å². The lowest BCUT2D eigenvalue weighted by atomic mass is 10.1. The highest BCUT2D eigenvalue weighted by molar-refractivity contribution is 14.0. The van der Waals surface area contributed by atoms with Crippen LogP contribution in [-0.2, 0) is 6.54 Å². The topological polar surface area (TPSA) is 55.8 Å². The molecule has 1 saturated heterocycles. The summed E-state index contributed by atoms with van der Waals surface area (Å²) in [5, 5.41) is 6.78. The quantitative estimate of drug-likeness (QED) is 0.372. The van der Waals surface area contributed by atoms with Crippen LogP contribution in [0, 0.1) is 0 Å². The van der Waals surface area contributed by atoms with E-state index in [1.165, 1.54) is 32.4 Å². The molecule has 2 heterocycles. The van der Waals surface area contributed by atoms with Crippen LogP contribution in [-0.4, -0.2) is 62.7 Å². The zero-order valence-corrected chi connectivity index (χ0v) is 18.1. The van der Waals surface area contributed by atoms with Gasteiger partial charge in [-0.25, -0.2) is 9.98 Å². The number of nitrogens with one attached hydrogen (secondary N) is 2. The summed E-state index contributed by atoms with van der Waals surface area (Å²) in [6, 6.07) is 4.05. The maximum absolute atomic E-state index is 4.72. The zero-order valence-electron chi connectivity index (χ0n) is 15.8. The van der Waals surface area contributed by atoms with E-state index < -0.39 is 0 Å². The van der Waals surface area contributed by atoms with E-state index in [4.69, 9.17) is 4.99 Å². The smallest absolute Gasteiger partial charge is 0.191 e. The number of hydrogen-bond donors (Lipinski definition) is 2. The minimum Gasteiger partial charge on any atom is -0.362 e. The first-order valence-corrected chi connectivity index (χ1v) is 9.06. The first kappa shape index (κ1) is 22.0. The van der Waals surface area contributed by atoms with Crippen LogP contribution in [0.25, 0.3) is 0 Å². The summed E-state index contributed by atoms with van der Waals surface area (Å²) < 4.78 is 0. The third-order valence-corrected chi connectivity index (χ3v) is 4.21. The van der Waals surface area contributed by atoms with Gasteiger partial charge < -0.3 is 20.4 Å². The van der Waals surface area contributed by atoms with Crippen LogP contribution in [0.2, 0.25) is 0 Å². The van der Waals surface area contributed by atoms with Crippen LogP contribution in [0.5, 0.6) is 0 Å². The largest absolute Gasteiger partial charge is 0.362 e. The molecule has 7 heteroatoms. The number of halogens is 1. The highest BCUT2D eigenvalue weighted by atomic mass is 127. The van der Waals surface area contributed by atoms with E-state index in [0.29, 0.717) is 6.54 Å². The molecule has 2 N–H and O–H groups in total. The monoisotopic (exact) mass is 460 g/mol. The Hall–Kier alpha value is -1.09. The number of likely N-dealkylation sites (tertiary alicyclic amines) is 1. The molecule has 1 aliphatic heterocycles. The molecule has 2 rings (SSSR count). The summed E-state index contributed by atoms with van der Waals surface area (Å²) in [5.74, 6) is 1.86. The van der Waals surface area contributed by atoms with E-state index >= 15 is 0 Å². The number of nitrogens with zero attached hydrogens (tertiary/aromatic N) is 4. The summed E-state index contributed by atoms with van der Waals surface area (Å²) >= 11 is 0. The number of anilines is 1. The average Bonchev–Trinajstić information content (AvgIpc) is 2.60. The number of rotatable bonds is 7. The first-order chi connectivity index (χ1) is 11.7. The van der Waals surface area contributed by atoms with Crippen molar-refractivity contribution < 1.29 is 0 Å². The molecule has 1 aromatic heterocycles. The summed E-state index contributed by atoms with van der Waals surface area (Å²) in [5.41, 5.74) is 1.13. The van der Waals surface area contributed by atoms with E-state index in [0.717, 1.165) is 37.0 Å². The predicted molar refractivity (Wildman–Crippen MR) is 117 cm³/mol. The van der Waals surface area contributed by atoms with Crippen molar-refractivity contribution in [1.29, 1.82) is 0 Å². The summed E-state index contributed by atoms with van der Waals surface area (Å²) in [6.45, 7) is 8.06. The van der Waals surface area contributed by atoms with Gasteiger partial charge >= 0.3 is 0 Å². The number of aromatic nitrogens is 1. The third-order valence-electron chi connectivity index (χ3n) is 4.21. The fraction of sp³-hybridized carbons (Fsp3) is 0.667. The van der Waals surface area contributed by atoms with Crippen molar-refractivity contribution in [1.82, 2.24) is 20.5 Å². The van der Waals surface area contributed by atoms with Crippen molar-refractivity contribution in [2.24, 2.45) is 4.99 Å². The van der Waals surface area contributed by atoms with Crippen molar-refractivity contribution in [2.75, 3.05) is 51.7 Å². The predicted octanol–water partition coefficient (Wildman–Crippen LogP) is 2.31. The number of pyridine rings is 1. The second-order valence-electron chi connectivity index (χ2n) is 6.40. The van der Waals surface area contributed by atoms with Gasteiger partial charge in [0, 0.05) is 45.5 Å². The third kappa shape index (κ3) is 7.77. The molecule has 25 heavy (non-hydrogen) atoms. The van der Waals surface area contributed by atoms with Gasteiger partial charge in [-0.1, -0.05) is 12.5 Å². The molecule has 0 unspecified atom stereocenters. The Kier molecular flexibility index (Phi) is 10.8. The van der Waals surface area contributed by atoms with Gasteiger partial charge in [-0.3, -0.25) is 0 Å². The SMILES string of the molecule is CCNC(=NCc1cccnc1N(C)C)NCCN1CCCCC1.I. The molecular weight excluding hydrogens is 427 g/mol. The van der Waals surface area contributed by atoms with Crippen molar-refractivity contribution in [3.8, 4) is 0 Å². The van der Waals surface area contributed by atoms with Crippen molar-refractivity contribution in [3.63, 3.8) is 0 Å². The second-order valence-corrected chi connectivity index (χ2v) is 6.40. The molecule has 1 fully saturated rings. The zero-order chi connectivity index (χ0) is 17.2. The second kappa shape index (κ2) is 12.3. The summed E-state index contributed by atoms with van der Waals surface area (Å²) in [4.78, 5) is 13.7. The molecule has 0 aliphatic carbocycles. The van der Waals surface area contributed by atoms with Gasteiger partial charge in [-0.15, -0.1) is 24.0 Å². The van der Waals surface area contributed by atoms with Gasteiger partial charge in [-0.2, -0.15) is 0 Å². The molecule has 0 spiro atoms. The molecule has 0 bridgehead atoms. The van der Waals surface area contributed by atoms with Gasteiger partial charge in [0.25, 0.3) is 0 Å². The van der Waals surface area contributed by atoms with Crippen LogP contribution < -0.4 is 15.5 Å². The van der Waals surface area contributed by atoms with Crippen LogP contribution in [0.3, 0.4) is 0 Å². The minimum atomic E-state index is 0. The number of hydrogen-bond acceptors (Lipinski definition) is 4. The molecule has 6 nitrogen and oxygen atoms in total. The number of guanidine groups is 1. The van der Waals surface area contributed by atoms with Crippen LogP contribution in [0.15, 0.2) is 23.3 Å². The van der Waals surface area contributed by atoms with E-state index in [9.17, 15) is 0 Å². The van der Waals surface area contributed by atoms with E-state index in [2.05, 4.69) is 33.5 Å². The number of aliphatic imine (C=N–C) groups is 1. The Balaban J connectivity index is 0.00000312. The Morgan fingerprint density at radius 2 is 2.00 bits per heavy atom. The highest BCUT2D eigenvalue weighted by Crippen LogP contribution is 2.15. The molecule has 0 aromatic carbocycles. The standard InChI is InChI=1S/C18H32N6.HI/c1-4-19-18(21-11-14-24-12-6-5-7-13-24)22-15-16-9-8-10-20-17(16)23(2)3;/h8-10H,4-7,11-15H2,1-3H3,(H2,19,21,22);1H. The van der Waals surface area contributed by atoms with Crippen molar-refractivity contribution >= 4 is 35.8 Å². The lowest BCUT2D eigenvalue weighted by Gasteiger charge is -2.26. The van der Waals surface area contributed by atoms with Crippen LogP contribution in [0.4, 0.5) is 5.82 Å². The van der Waals surface area contributed by atoms with Gasteiger partial charge in [0.05, 0.1) is 6.54 Å². The lowest BCUT2D eigenvalue weighted by Crippen LogP contribution is -2.42. The van der Waals surface area contributed by atoms with Gasteiger partial charge in [-0.05, 0) is 38.9 Å². The maximum Gasteiger partial charge on any atom is 0.191 e. The molecule has 0 saturated carbocycles. The van der Waals surface area contributed by atoms with Crippen molar-refractivity contribution in [3.05, 3.63) is 23.9 Å². The average molecular weight is 460 g/mol. The molecule has 0 amide bonds. The fourth-order valence-electron chi connectivity index (χ4n) is 2.98. The Morgan fingerprint density at radius 1 is 1.24 bits per heavy atom. The van der Waals surface area contributed by atoms with E-state index in [1.54, 1.807) is 0 Å². The van der Waals surface area contributed by atoms with Crippen LogP contribution in [0.1, 0.15) is 31.7 Å². The van der Waals surface area contributed by atoms with Gasteiger partial charge in [0.15, 0.2) is 5.96 Å². The van der Waals surface area contributed by atoms with E-state index in [1.807, 2.05) is 31.3 Å². The van der Waals surface area contributed by atoms with Gasteiger partial charge in [0.2, 0.25) is 0 Å². The Labute approximate surface area is 169 Å². The molecule has 142 valence electrons. The Bertz CT molecular complexity index is 514. The fourth-order valence-corrected chi connectivity index (χ4v) is 2.98. The molecule has 0 radical (unpaired) electrons. The summed E-state index contributed by atoms with van der Waals surface area (Å²) in [7, 11) is 4.02.